The van der Waals surface area contributed by atoms with Gasteiger partial charge >= 0.3 is 0 Å². The molecule has 0 saturated heterocycles. The molecule has 18 heavy (non-hydrogen) atoms. The quantitative estimate of drug-likeness (QED) is 0.810. The van der Waals surface area contributed by atoms with Crippen LogP contribution in [-0.2, 0) is 17.6 Å². The number of carbonyl (C=O) groups is 1. The molecule has 0 atom stereocenters. The average molecular weight is 245 g/mol. The Kier molecular flexibility index (Phi) is 4.03. The van der Waals surface area contributed by atoms with Crippen LogP contribution in [0, 0.1) is 0 Å². The van der Waals surface area contributed by atoms with Crippen LogP contribution in [0.15, 0.2) is 18.2 Å². The molecule has 0 spiro atoms. The second-order valence-corrected chi connectivity index (χ2v) is 4.60. The third-order valence-corrected chi connectivity index (χ3v) is 3.11. The van der Waals surface area contributed by atoms with Crippen molar-refractivity contribution in [3.05, 3.63) is 34.9 Å². The Morgan fingerprint density at radius 3 is 2.78 bits per heavy atom. The number of carbonyl (C=O) groups excluding carboxylic acids is 1. The van der Waals surface area contributed by atoms with E-state index in [1.54, 1.807) is 6.08 Å². The lowest BCUT2D eigenvalue weighted by Crippen LogP contribution is -2.05. The summed E-state index contributed by atoms with van der Waals surface area (Å²) in [6.45, 7) is 2.77. The lowest BCUT2D eigenvalue weighted by atomic mass is 10.0. The van der Waals surface area contributed by atoms with E-state index in [2.05, 4.69) is 19.1 Å². The first-order chi connectivity index (χ1) is 8.70. The Balaban J connectivity index is 2.31. The number of aryl methyl sites for hydroxylation is 2. The molecule has 0 aromatic heterocycles. The number of rotatable bonds is 5. The van der Waals surface area contributed by atoms with Crippen molar-refractivity contribution in [3.8, 4) is 5.75 Å². The van der Waals surface area contributed by atoms with Gasteiger partial charge in [0.15, 0.2) is 0 Å². The molecule has 0 bridgehead atoms. The van der Waals surface area contributed by atoms with Gasteiger partial charge in [-0.3, -0.25) is 4.79 Å². The van der Waals surface area contributed by atoms with Gasteiger partial charge in [-0.2, -0.15) is 0 Å². The van der Waals surface area contributed by atoms with Crippen molar-refractivity contribution in [1.82, 2.24) is 0 Å². The van der Waals surface area contributed by atoms with Crippen molar-refractivity contribution >= 4 is 12.0 Å². The minimum Gasteiger partial charge on any atom is -0.493 e. The van der Waals surface area contributed by atoms with Crippen molar-refractivity contribution in [3.63, 3.8) is 0 Å². The number of benzene rings is 1. The normalized spacial score (nSPS) is 13.8. The molecule has 0 radical (unpaired) electrons. The van der Waals surface area contributed by atoms with Crippen molar-refractivity contribution in [2.45, 2.75) is 32.6 Å². The predicted octanol–water partition coefficient (Wildman–Crippen LogP) is 2.46. The minimum absolute atomic E-state index is 0.433. The third-order valence-electron chi connectivity index (χ3n) is 3.11. The summed E-state index contributed by atoms with van der Waals surface area (Å²) in [7, 11) is 0. The van der Waals surface area contributed by atoms with Gasteiger partial charge in [-0.1, -0.05) is 6.92 Å². The first-order valence-electron chi connectivity index (χ1n) is 6.47. The van der Waals surface area contributed by atoms with Gasteiger partial charge in [0, 0.05) is 11.6 Å². The molecule has 1 aromatic carbocycles. The molecule has 0 heterocycles. The van der Waals surface area contributed by atoms with Crippen LogP contribution in [0.2, 0.25) is 0 Å². The second-order valence-electron chi connectivity index (χ2n) is 4.60. The predicted molar refractivity (Wildman–Crippen MR) is 72.5 cm³/mol. The molecule has 96 valence electrons. The fourth-order valence-corrected chi connectivity index (χ4v) is 2.26. The first-order valence-corrected chi connectivity index (χ1v) is 6.47. The molecule has 1 aromatic rings. The minimum atomic E-state index is -0.433. The van der Waals surface area contributed by atoms with Gasteiger partial charge in [-0.25, -0.2) is 0 Å². The monoisotopic (exact) mass is 245 g/mol. The van der Waals surface area contributed by atoms with Gasteiger partial charge in [0.25, 0.3) is 0 Å². The Morgan fingerprint density at radius 2 is 2.11 bits per heavy atom. The van der Waals surface area contributed by atoms with E-state index in [-0.39, 0.29) is 0 Å². The second kappa shape index (κ2) is 5.71. The number of ether oxygens (including phenoxy) is 1. The van der Waals surface area contributed by atoms with Gasteiger partial charge in [-0.15, -0.1) is 0 Å². The maximum Gasteiger partial charge on any atom is 0.241 e. The Bertz CT molecular complexity index is 478. The number of amides is 1. The molecular formula is C15H19NO2. The molecule has 1 aliphatic rings. The van der Waals surface area contributed by atoms with E-state index in [4.69, 9.17) is 10.5 Å². The molecule has 2 rings (SSSR count). The highest BCUT2D eigenvalue weighted by molar-refractivity contribution is 5.90. The molecule has 1 amide bonds. The van der Waals surface area contributed by atoms with E-state index in [0.29, 0.717) is 6.61 Å². The maximum atomic E-state index is 10.8. The zero-order valence-electron chi connectivity index (χ0n) is 10.7. The van der Waals surface area contributed by atoms with Gasteiger partial charge in [0.1, 0.15) is 5.75 Å². The number of primary amides is 1. The summed E-state index contributed by atoms with van der Waals surface area (Å²) >= 11 is 0. The molecule has 0 aliphatic heterocycles. The fourth-order valence-electron chi connectivity index (χ4n) is 2.26. The smallest absolute Gasteiger partial charge is 0.241 e. The van der Waals surface area contributed by atoms with Crippen LogP contribution in [-0.4, -0.2) is 12.5 Å². The van der Waals surface area contributed by atoms with Gasteiger partial charge in [-0.05, 0) is 55.0 Å². The SMILES string of the molecule is CCCOc1cc2c(cc1/C=C\C(N)=O)CCC2. The van der Waals surface area contributed by atoms with Gasteiger partial charge < -0.3 is 10.5 Å². The van der Waals surface area contributed by atoms with Crippen LogP contribution in [0.4, 0.5) is 0 Å². The highest BCUT2D eigenvalue weighted by Crippen LogP contribution is 2.30. The van der Waals surface area contributed by atoms with E-state index in [9.17, 15) is 4.79 Å². The van der Waals surface area contributed by atoms with Crippen molar-refractivity contribution in [2.24, 2.45) is 5.73 Å². The van der Waals surface area contributed by atoms with E-state index >= 15 is 0 Å². The lowest BCUT2D eigenvalue weighted by molar-refractivity contribution is -0.113. The van der Waals surface area contributed by atoms with E-state index in [1.807, 2.05) is 0 Å². The van der Waals surface area contributed by atoms with E-state index < -0.39 is 5.91 Å². The van der Waals surface area contributed by atoms with Crippen LogP contribution >= 0.6 is 0 Å². The maximum absolute atomic E-state index is 10.8. The summed E-state index contributed by atoms with van der Waals surface area (Å²) in [5.74, 6) is 0.423. The zero-order chi connectivity index (χ0) is 13.0. The lowest BCUT2D eigenvalue weighted by Gasteiger charge is -2.11. The third kappa shape index (κ3) is 2.92. The van der Waals surface area contributed by atoms with Crippen LogP contribution in [0.3, 0.4) is 0 Å². The average Bonchev–Trinajstić information content (AvgIpc) is 2.79. The van der Waals surface area contributed by atoms with Crippen molar-refractivity contribution < 1.29 is 9.53 Å². The molecule has 2 N–H and O–H groups in total. The fraction of sp³-hybridized carbons (Fsp3) is 0.400. The topological polar surface area (TPSA) is 52.3 Å². The largest absolute Gasteiger partial charge is 0.493 e. The molecule has 1 aliphatic carbocycles. The van der Waals surface area contributed by atoms with Gasteiger partial charge in [0.2, 0.25) is 5.91 Å². The van der Waals surface area contributed by atoms with E-state index in [1.165, 1.54) is 23.6 Å². The number of hydrogen-bond acceptors (Lipinski definition) is 2. The van der Waals surface area contributed by atoms with Crippen LogP contribution in [0.1, 0.15) is 36.5 Å². The van der Waals surface area contributed by atoms with Crippen LogP contribution in [0.25, 0.3) is 6.08 Å². The first kappa shape index (κ1) is 12.7. The van der Waals surface area contributed by atoms with Crippen molar-refractivity contribution in [1.29, 1.82) is 0 Å². The van der Waals surface area contributed by atoms with Crippen molar-refractivity contribution in [2.75, 3.05) is 6.61 Å². The van der Waals surface area contributed by atoms with E-state index in [0.717, 1.165) is 30.6 Å². The molecule has 0 unspecified atom stereocenters. The number of hydrogen-bond donors (Lipinski definition) is 1. The highest BCUT2D eigenvalue weighted by atomic mass is 16.5. The van der Waals surface area contributed by atoms with Crippen LogP contribution in [0.5, 0.6) is 5.75 Å². The molecule has 3 nitrogen and oxygen atoms in total. The summed E-state index contributed by atoms with van der Waals surface area (Å²) in [5, 5.41) is 0. The zero-order valence-corrected chi connectivity index (χ0v) is 10.7. The standard InChI is InChI=1S/C15H19NO2/c1-2-8-18-14-10-12-5-3-4-11(12)9-13(14)6-7-15(16)17/h6-7,9-10H,2-5,8H2,1H3,(H2,16,17)/b7-6-. The molecule has 0 fully saturated rings. The van der Waals surface area contributed by atoms with Gasteiger partial charge in [0.05, 0.1) is 6.61 Å². The molecule has 3 heteroatoms. The summed E-state index contributed by atoms with van der Waals surface area (Å²) < 4.78 is 5.74. The summed E-state index contributed by atoms with van der Waals surface area (Å²) in [6, 6.07) is 4.23. The Morgan fingerprint density at radius 1 is 1.39 bits per heavy atom. The summed E-state index contributed by atoms with van der Waals surface area (Å²) in [6.07, 6.45) is 7.53. The highest BCUT2D eigenvalue weighted by Gasteiger charge is 2.14. The number of fused-ring (bicyclic) bond motifs is 1. The molecular weight excluding hydrogens is 226 g/mol. The summed E-state index contributed by atoms with van der Waals surface area (Å²) in [5.41, 5.74) is 8.82. The number of nitrogens with two attached hydrogens (primary N) is 1. The molecule has 0 saturated carbocycles. The summed E-state index contributed by atoms with van der Waals surface area (Å²) in [4.78, 5) is 10.8. The Hall–Kier alpha value is -1.77. The Labute approximate surface area is 108 Å². The van der Waals surface area contributed by atoms with Crippen LogP contribution < -0.4 is 10.5 Å².